The van der Waals surface area contributed by atoms with Gasteiger partial charge in [-0.2, -0.15) is 0 Å². The zero-order valence-electron chi connectivity index (χ0n) is 11.8. The van der Waals surface area contributed by atoms with Gasteiger partial charge in [-0.05, 0) is 37.1 Å². The van der Waals surface area contributed by atoms with E-state index in [1.165, 1.54) is 0 Å². The van der Waals surface area contributed by atoms with Crippen molar-refractivity contribution >= 4 is 17.5 Å². The van der Waals surface area contributed by atoms with E-state index in [4.69, 9.17) is 26.8 Å². The van der Waals surface area contributed by atoms with Crippen molar-refractivity contribution in [1.82, 2.24) is 4.90 Å². The fraction of sp³-hybridized carbons (Fsp3) is 0.533. The minimum absolute atomic E-state index is 0.181. The molecule has 0 saturated carbocycles. The summed E-state index contributed by atoms with van der Waals surface area (Å²) in [5.74, 6) is 1.04. The van der Waals surface area contributed by atoms with E-state index in [2.05, 4.69) is 4.90 Å². The number of likely N-dealkylation sites (tertiary alicyclic amines) is 1. The molecular formula is C15H19ClN2O3. The highest BCUT2D eigenvalue weighted by molar-refractivity contribution is 6.32. The number of ether oxygens (including phenoxy) is 2. The van der Waals surface area contributed by atoms with Crippen LogP contribution >= 0.6 is 11.6 Å². The molecule has 1 unspecified atom stereocenters. The molecule has 6 heteroatoms. The third-order valence-electron chi connectivity index (χ3n) is 3.94. The van der Waals surface area contributed by atoms with Crippen LogP contribution in [0.1, 0.15) is 24.8 Å². The van der Waals surface area contributed by atoms with Gasteiger partial charge in [0, 0.05) is 13.0 Å². The second-order valence-electron chi connectivity index (χ2n) is 5.49. The van der Waals surface area contributed by atoms with Crippen LogP contribution in [0.25, 0.3) is 0 Å². The predicted octanol–water partition coefficient (Wildman–Crippen LogP) is 1.95. The maximum absolute atomic E-state index is 11.5. The second kappa shape index (κ2) is 6.12. The number of amides is 1. The molecule has 1 aromatic rings. The third kappa shape index (κ3) is 3.09. The molecule has 1 fully saturated rings. The number of carbonyl (C=O) groups excluding carboxylic acids is 1. The number of rotatable bonds is 3. The second-order valence-corrected chi connectivity index (χ2v) is 5.89. The molecule has 1 amide bonds. The Kier molecular flexibility index (Phi) is 4.22. The number of nitrogens with zero attached hydrogens (tertiary/aromatic N) is 1. The summed E-state index contributed by atoms with van der Waals surface area (Å²) in [6, 6.07) is 3.65. The molecule has 2 N–H and O–H groups in total. The SMILES string of the molecule is NC(=O)C1CCCN1Cc1cc(Cl)c2c(c1)OCCCO2. The number of halogens is 1. The van der Waals surface area contributed by atoms with Crippen molar-refractivity contribution in [3.05, 3.63) is 22.7 Å². The van der Waals surface area contributed by atoms with Gasteiger partial charge in [-0.15, -0.1) is 0 Å². The number of carbonyl (C=O) groups is 1. The van der Waals surface area contributed by atoms with Crippen molar-refractivity contribution in [2.75, 3.05) is 19.8 Å². The molecule has 1 atom stereocenters. The zero-order chi connectivity index (χ0) is 14.8. The lowest BCUT2D eigenvalue weighted by molar-refractivity contribution is -0.122. The number of nitrogens with two attached hydrogens (primary N) is 1. The summed E-state index contributed by atoms with van der Waals surface area (Å²) in [5, 5.41) is 0.555. The fourth-order valence-corrected chi connectivity index (χ4v) is 3.24. The van der Waals surface area contributed by atoms with Gasteiger partial charge in [-0.25, -0.2) is 0 Å². The number of benzene rings is 1. The highest BCUT2D eigenvalue weighted by atomic mass is 35.5. The molecule has 0 bridgehead atoms. The minimum atomic E-state index is -0.257. The van der Waals surface area contributed by atoms with Gasteiger partial charge < -0.3 is 15.2 Å². The molecule has 1 aromatic carbocycles. The molecule has 1 saturated heterocycles. The molecule has 2 aliphatic rings. The molecule has 21 heavy (non-hydrogen) atoms. The van der Waals surface area contributed by atoms with Gasteiger partial charge in [0.25, 0.3) is 0 Å². The molecular weight excluding hydrogens is 292 g/mol. The Bertz CT molecular complexity index is 550. The summed E-state index contributed by atoms with van der Waals surface area (Å²) < 4.78 is 11.3. The van der Waals surface area contributed by atoms with E-state index in [0.29, 0.717) is 36.3 Å². The van der Waals surface area contributed by atoms with Crippen molar-refractivity contribution in [2.45, 2.75) is 31.8 Å². The van der Waals surface area contributed by atoms with Gasteiger partial charge in [0.15, 0.2) is 11.5 Å². The third-order valence-corrected chi connectivity index (χ3v) is 4.22. The van der Waals surface area contributed by atoms with Crippen molar-refractivity contribution in [3.63, 3.8) is 0 Å². The number of fused-ring (bicyclic) bond motifs is 1. The molecule has 0 aromatic heterocycles. The summed E-state index contributed by atoms with van der Waals surface area (Å²) in [7, 11) is 0. The van der Waals surface area contributed by atoms with Crippen molar-refractivity contribution in [3.8, 4) is 11.5 Å². The predicted molar refractivity (Wildman–Crippen MR) is 79.7 cm³/mol. The number of primary amides is 1. The van der Waals surface area contributed by atoms with Crippen molar-refractivity contribution in [1.29, 1.82) is 0 Å². The van der Waals surface area contributed by atoms with Crippen molar-refractivity contribution < 1.29 is 14.3 Å². The fourth-order valence-electron chi connectivity index (χ4n) is 2.95. The Morgan fingerprint density at radius 1 is 1.33 bits per heavy atom. The summed E-state index contributed by atoms with van der Waals surface area (Å²) >= 11 is 6.29. The van der Waals surface area contributed by atoms with E-state index in [1.807, 2.05) is 12.1 Å². The van der Waals surface area contributed by atoms with Gasteiger partial charge in [0.05, 0.1) is 24.3 Å². The average molecular weight is 311 g/mol. The molecule has 0 spiro atoms. The molecule has 5 nitrogen and oxygen atoms in total. The van der Waals surface area contributed by atoms with E-state index >= 15 is 0 Å². The molecule has 0 radical (unpaired) electrons. The first-order valence-corrected chi connectivity index (χ1v) is 7.64. The lowest BCUT2D eigenvalue weighted by Crippen LogP contribution is -2.39. The van der Waals surface area contributed by atoms with Crippen LogP contribution in [0.5, 0.6) is 11.5 Å². The van der Waals surface area contributed by atoms with Crippen molar-refractivity contribution in [2.24, 2.45) is 5.73 Å². The first-order valence-electron chi connectivity index (χ1n) is 7.26. The summed E-state index contributed by atoms with van der Waals surface area (Å²) in [4.78, 5) is 13.6. The van der Waals surface area contributed by atoms with E-state index in [0.717, 1.165) is 31.4 Å². The van der Waals surface area contributed by atoms with Crippen LogP contribution in [-0.4, -0.2) is 36.6 Å². The zero-order valence-corrected chi connectivity index (χ0v) is 12.6. The van der Waals surface area contributed by atoms with Crippen LogP contribution in [0, 0.1) is 0 Å². The maximum Gasteiger partial charge on any atom is 0.234 e. The number of hydrogen-bond acceptors (Lipinski definition) is 4. The van der Waals surface area contributed by atoms with Crippen LogP contribution in [-0.2, 0) is 11.3 Å². The first kappa shape index (κ1) is 14.5. The normalized spacial score (nSPS) is 22.0. The van der Waals surface area contributed by atoms with E-state index < -0.39 is 0 Å². The Morgan fingerprint density at radius 3 is 2.95 bits per heavy atom. The van der Waals surface area contributed by atoms with Gasteiger partial charge >= 0.3 is 0 Å². The molecule has 3 rings (SSSR count). The topological polar surface area (TPSA) is 64.8 Å². The molecule has 2 aliphatic heterocycles. The van der Waals surface area contributed by atoms with Gasteiger partial charge in [-0.1, -0.05) is 11.6 Å². The number of hydrogen-bond donors (Lipinski definition) is 1. The maximum atomic E-state index is 11.5. The van der Waals surface area contributed by atoms with E-state index in [1.54, 1.807) is 0 Å². The minimum Gasteiger partial charge on any atom is -0.489 e. The standard InChI is InChI=1S/C15H19ClN2O3/c16-11-7-10(8-13-14(11)21-6-2-5-20-13)9-18-4-1-3-12(18)15(17)19/h7-8,12H,1-6,9H2,(H2,17,19). The summed E-state index contributed by atoms with van der Waals surface area (Å²) in [6.45, 7) is 2.76. The van der Waals surface area contributed by atoms with Crippen LogP contribution in [0.3, 0.4) is 0 Å². The molecule has 0 aliphatic carbocycles. The highest BCUT2D eigenvalue weighted by Gasteiger charge is 2.29. The summed E-state index contributed by atoms with van der Waals surface area (Å²) in [5.41, 5.74) is 6.46. The van der Waals surface area contributed by atoms with Crippen LogP contribution in [0.2, 0.25) is 5.02 Å². The average Bonchev–Trinajstić information content (AvgIpc) is 2.76. The van der Waals surface area contributed by atoms with Gasteiger partial charge in [0.2, 0.25) is 5.91 Å². The smallest absolute Gasteiger partial charge is 0.234 e. The highest BCUT2D eigenvalue weighted by Crippen LogP contribution is 2.38. The van der Waals surface area contributed by atoms with Crippen LogP contribution in [0.15, 0.2) is 12.1 Å². The quantitative estimate of drug-likeness (QED) is 0.927. The van der Waals surface area contributed by atoms with Gasteiger partial charge in [-0.3, -0.25) is 9.69 Å². The van der Waals surface area contributed by atoms with E-state index in [-0.39, 0.29) is 11.9 Å². The lowest BCUT2D eigenvalue weighted by atomic mass is 10.1. The summed E-state index contributed by atoms with van der Waals surface area (Å²) in [6.07, 6.45) is 2.66. The Morgan fingerprint density at radius 2 is 2.14 bits per heavy atom. The Balaban J connectivity index is 1.81. The first-order chi connectivity index (χ1) is 10.1. The molecule has 2 heterocycles. The largest absolute Gasteiger partial charge is 0.489 e. The monoisotopic (exact) mass is 310 g/mol. The Labute approximate surface area is 128 Å². The Hall–Kier alpha value is -1.46. The molecule has 114 valence electrons. The van der Waals surface area contributed by atoms with Crippen LogP contribution in [0.4, 0.5) is 0 Å². The van der Waals surface area contributed by atoms with E-state index in [9.17, 15) is 4.79 Å². The van der Waals surface area contributed by atoms with Gasteiger partial charge in [0.1, 0.15) is 0 Å². The van der Waals surface area contributed by atoms with Crippen LogP contribution < -0.4 is 15.2 Å². The lowest BCUT2D eigenvalue weighted by Gasteiger charge is -2.22.